The topological polar surface area (TPSA) is 42.8 Å². The lowest BCUT2D eigenvalue weighted by Gasteiger charge is -2.27. The SMILES string of the molecule is COc1ccc(-c2cc3cnc4[nH]ccc4c3n2C2CCCCC2)cc1. The molecule has 1 saturated carbocycles. The first-order valence-electron chi connectivity index (χ1n) is 9.46. The maximum absolute atomic E-state index is 5.34. The van der Waals surface area contributed by atoms with Crippen LogP contribution in [-0.4, -0.2) is 21.6 Å². The van der Waals surface area contributed by atoms with Crippen LogP contribution in [0.1, 0.15) is 38.1 Å². The molecule has 0 unspecified atom stereocenters. The molecular formula is C22H23N3O. The van der Waals surface area contributed by atoms with Gasteiger partial charge in [-0.15, -0.1) is 0 Å². The molecule has 1 aliphatic rings. The van der Waals surface area contributed by atoms with Crippen LogP contribution in [0.3, 0.4) is 0 Å². The van der Waals surface area contributed by atoms with E-state index in [2.05, 4.69) is 38.8 Å². The van der Waals surface area contributed by atoms with Gasteiger partial charge >= 0.3 is 0 Å². The van der Waals surface area contributed by atoms with Gasteiger partial charge in [0.25, 0.3) is 0 Å². The fourth-order valence-electron chi connectivity index (χ4n) is 4.42. The van der Waals surface area contributed by atoms with E-state index in [9.17, 15) is 0 Å². The molecule has 132 valence electrons. The Labute approximate surface area is 152 Å². The Morgan fingerprint density at radius 1 is 1.08 bits per heavy atom. The molecule has 5 rings (SSSR count). The number of ether oxygens (including phenoxy) is 1. The molecule has 1 aliphatic carbocycles. The maximum atomic E-state index is 5.34. The van der Waals surface area contributed by atoms with Gasteiger partial charge in [-0.1, -0.05) is 19.3 Å². The molecule has 0 aliphatic heterocycles. The van der Waals surface area contributed by atoms with Crippen LogP contribution < -0.4 is 4.74 Å². The molecule has 4 nitrogen and oxygen atoms in total. The summed E-state index contributed by atoms with van der Waals surface area (Å²) in [5.41, 5.74) is 4.80. The zero-order chi connectivity index (χ0) is 17.5. The summed E-state index contributed by atoms with van der Waals surface area (Å²) in [4.78, 5) is 7.87. The van der Waals surface area contributed by atoms with E-state index in [1.165, 1.54) is 59.7 Å². The highest BCUT2D eigenvalue weighted by atomic mass is 16.5. The first-order valence-corrected chi connectivity index (χ1v) is 9.46. The number of H-pyrrole nitrogens is 1. The number of benzene rings is 1. The van der Waals surface area contributed by atoms with Gasteiger partial charge in [-0.3, -0.25) is 0 Å². The van der Waals surface area contributed by atoms with Crippen molar-refractivity contribution < 1.29 is 4.74 Å². The van der Waals surface area contributed by atoms with Crippen LogP contribution in [0.15, 0.2) is 48.8 Å². The Morgan fingerprint density at radius 3 is 2.65 bits per heavy atom. The quantitative estimate of drug-likeness (QED) is 0.517. The molecule has 1 fully saturated rings. The molecule has 0 amide bonds. The Bertz CT molecular complexity index is 1050. The van der Waals surface area contributed by atoms with Gasteiger partial charge in [0.1, 0.15) is 11.4 Å². The number of hydrogen-bond donors (Lipinski definition) is 1. The Kier molecular flexibility index (Phi) is 3.70. The highest BCUT2D eigenvalue weighted by Gasteiger charge is 2.22. The second-order valence-corrected chi connectivity index (χ2v) is 7.22. The standard InChI is InChI=1S/C22H23N3O/c1-26-18-9-7-15(8-10-18)20-13-16-14-24-22-19(11-12-23-22)21(16)25(20)17-5-3-2-4-6-17/h7-14,17H,2-6H2,1H3,(H,23,24). The van der Waals surface area contributed by atoms with Crippen molar-refractivity contribution in [3.8, 4) is 17.0 Å². The molecular weight excluding hydrogens is 322 g/mol. The van der Waals surface area contributed by atoms with Gasteiger partial charge in [-0.25, -0.2) is 4.98 Å². The number of nitrogens with one attached hydrogen (secondary N) is 1. The molecule has 3 aromatic heterocycles. The predicted molar refractivity (Wildman–Crippen MR) is 106 cm³/mol. The number of rotatable bonds is 3. The minimum absolute atomic E-state index is 0.554. The van der Waals surface area contributed by atoms with E-state index in [1.807, 2.05) is 24.5 Å². The molecule has 0 bridgehead atoms. The van der Waals surface area contributed by atoms with Gasteiger partial charge in [-0.2, -0.15) is 0 Å². The first kappa shape index (κ1) is 15.5. The molecule has 1 aromatic carbocycles. The molecule has 0 radical (unpaired) electrons. The third-order valence-electron chi connectivity index (χ3n) is 5.70. The van der Waals surface area contributed by atoms with Crippen LogP contribution in [-0.2, 0) is 0 Å². The highest BCUT2D eigenvalue weighted by Crippen LogP contribution is 2.39. The molecule has 0 spiro atoms. The number of pyridine rings is 1. The molecule has 0 saturated heterocycles. The minimum atomic E-state index is 0.554. The number of fused-ring (bicyclic) bond motifs is 3. The first-order chi connectivity index (χ1) is 12.8. The molecule has 4 aromatic rings. The average molecular weight is 345 g/mol. The lowest BCUT2D eigenvalue weighted by atomic mass is 9.94. The van der Waals surface area contributed by atoms with Crippen molar-refractivity contribution in [3.05, 3.63) is 48.8 Å². The summed E-state index contributed by atoms with van der Waals surface area (Å²) in [5, 5.41) is 2.43. The summed E-state index contributed by atoms with van der Waals surface area (Å²) < 4.78 is 7.91. The van der Waals surface area contributed by atoms with Crippen molar-refractivity contribution in [2.24, 2.45) is 0 Å². The van der Waals surface area contributed by atoms with E-state index in [0.29, 0.717) is 6.04 Å². The summed E-state index contributed by atoms with van der Waals surface area (Å²) in [6, 6.07) is 13.4. The van der Waals surface area contributed by atoms with E-state index >= 15 is 0 Å². The highest BCUT2D eigenvalue weighted by molar-refractivity contribution is 6.05. The second kappa shape index (κ2) is 6.20. The normalized spacial score (nSPS) is 15.7. The predicted octanol–water partition coefficient (Wildman–Crippen LogP) is 5.70. The fourth-order valence-corrected chi connectivity index (χ4v) is 4.42. The van der Waals surface area contributed by atoms with Crippen molar-refractivity contribution in [2.75, 3.05) is 7.11 Å². The van der Waals surface area contributed by atoms with E-state index in [0.717, 1.165) is 11.4 Å². The smallest absolute Gasteiger partial charge is 0.139 e. The zero-order valence-electron chi connectivity index (χ0n) is 15.0. The molecule has 0 atom stereocenters. The Hall–Kier alpha value is -2.75. The third-order valence-corrected chi connectivity index (χ3v) is 5.70. The number of aromatic amines is 1. The van der Waals surface area contributed by atoms with E-state index in [1.54, 1.807) is 7.11 Å². The largest absolute Gasteiger partial charge is 0.497 e. The average Bonchev–Trinajstić information content (AvgIpc) is 3.32. The third kappa shape index (κ3) is 2.40. The van der Waals surface area contributed by atoms with Crippen LogP contribution >= 0.6 is 0 Å². The van der Waals surface area contributed by atoms with Crippen molar-refractivity contribution in [1.29, 1.82) is 0 Å². The van der Waals surface area contributed by atoms with Gasteiger partial charge < -0.3 is 14.3 Å². The van der Waals surface area contributed by atoms with Gasteiger partial charge in [0.15, 0.2) is 0 Å². The van der Waals surface area contributed by atoms with E-state index in [4.69, 9.17) is 4.74 Å². The van der Waals surface area contributed by atoms with Crippen LogP contribution in [0.2, 0.25) is 0 Å². The van der Waals surface area contributed by atoms with Gasteiger partial charge in [0.2, 0.25) is 0 Å². The number of nitrogens with zero attached hydrogens (tertiary/aromatic N) is 2. The maximum Gasteiger partial charge on any atom is 0.139 e. The summed E-state index contributed by atoms with van der Waals surface area (Å²) in [5.74, 6) is 0.892. The lowest BCUT2D eigenvalue weighted by Crippen LogP contribution is -2.13. The van der Waals surface area contributed by atoms with Crippen molar-refractivity contribution >= 4 is 21.9 Å². The van der Waals surface area contributed by atoms with Gasteiger partial charge in [0.05, 0.1) is 12.6 Å². The van der Waals surface area contributed by atoms with Crippen LogP contribution in [0.25, 0.3) is 33.2 Å². The van der Waals surface area contributed by atoms with Crippen molar-refractivity contribution in [2.45, 2.75) is 38.1 Å². The lowest BCUT2D eigenvalue weighted by molar-refractivity contribution is 0.363. The Morgan fingerprint density at radius 2 is 1.88 bits per heavy atom. The Balaban J connectivity index is 1.78. The van der Waals surface area contributed by atoms with Gasteiger partial charge in [-0.05, 0) is 54.8 Å². The van der Waals surface area contributed by atoms with Crippen LogP contribution in [0.5, 0.6) is 5.75 Å². The second-order valence-electron chi connectivity index (χ2n) is 7.22. The molecule has 4 heteroatoms. The summed E-state index contributed by atoms with van der Waals surface area (Å²) >= 11 is 0. The zero-order valence-corrected chi connectivity index (χ0v) is 15.0. The summed E-state index contributed by atoms with van der Waals surface area (Å²) in [7, 11) is 1.71. The number of hydrogen-bond acceptors (Lipinski definition) is 2. The summed E-state index contributed by atoms with van der Waals surface area (Å²) in [6.07, 6.45) is 10.5. The van der Waals surface area contributed by atoms with E-state index in [-0.39, 0.29) is 0 Å². The van der Waals surface area contributed by atoms with Crippen LogP contribution in [0, 0.1) is 0 Å². The summed E-state index contributed by atoms with van der Waals surface area (Å²) in [6.45, 7) is 0. The van der Waals surface area contributed by atoms with Crippen LogP contribution in [0.4, 0.5) is 0 Å². The van der Waals surface area contributed by atoms with Gasteiger partial charge in [0, 0.05) is 34.9 Å². The number of aromatic nitrogens is 3. The van der Waals surface area contributed by atoms with Crippen molar-refractivity contribution in [1.82, 2.24) is 14.5 Å². The van der Waals surface area contributed by atoms with Crippen molar-refractivity contribution in [3.63, 3.8) is 0 Å². The monoisotopic (exact) mass is 345 g/mol. The molecule has 26 heavy (non-hydrogen) atoms. The van der Waals surface area contributed by atoms with E-state index < -0.39 is 0 Å². The molecule has 3 heterocycles. The fraction of sp³-hybridized carbons (Fsp3) is 0.318. The molecule has 1 N–H and O–H groups in total. The number of methoxy groups -OCH3 is 1. The minimum Gasteiger partial charge on any atom is -0.497 e.